The zero-order valence-electron chi connectivity index (χ0n) is 21.1. The van der Waals surface area contributed by atoms with Crippen molar-refractivity contribution in [3.8, 4) is 0 Å². The second-order valence-corrected chi connectivity index (χ2v) is 10.7. The lowest BCUT2D eigenvalue weighted by molar-refractivity contribution is -0.115. The van der Waals surface area contributed by atoms with Gasteiger partial charge in [0.05, 0.1) is 10.9 Å². The summed E-state index contributed by atoms with van der Waals surface area (Å²) in [6.07, 6.45) is 1.29. The van der Waals surface area contributed by atoms with Crippen LogP contribution in [0.2, 0.25) is 0 Å². The van der Waals surface area contributed by atoms with Crippen molar-refractivity contribution in [1.82, 2.24) is 10.3 Å². The number of thiazole rings is 1. The highest BCUT2D eigenvalue weighted by atomic mass is 32.2. The first-order valence-electron chi connectivity index (χ1n) is 11.9. The van der Waals surface area contributed by atoms with Gasteiger partial charge in [0.2, 0.25) is 5.91 Å². The maximum Gasteiger partial charge on any atom is 0.272 e. The van der Waals surface area contributed by atoms with Crippen molar-refractivity contribution in [3.63, 3.8) is 0 Å². The van der Waals surface area contributed by atoms with Gasteiger partial charge in [-0.15, -0.1) is 23.1 Å². The number of aryl methyl sites for hydroxylation is 1. The highest BCUT2D eigenvalue weighted by molar-refractivity contribution is 8.00. The highest BCUT2D eigenvalue weighted by Crippen LogP contribution is 2.26. The van der Waals surface area contributed by atoms with E-state index in [-0.39, 0.29) is 22.4 Å². The van der Waals surface area contributed by atoms with E-state index in [2.05, 4.69) is 20.9 Å². The van der Waals surface area contributed by atoms with Crippen LogP contribution in [0.1, 0.15) is 28.5 Å². The van der Waals surface area contributed by atoms with Gasteiger partial charge in [-0.05, 0) is 62.4 Å². The van der Waals surface area contributed by atoms with Gasteiger partial charge in [0.25, 0.3) is 11.8 Å². The third-order valence-corrected chi connectivity index (χ3v) is 7.36. The predicted molar refractivity (Wildman–Crippen MR) is 154 cm³/mol. The standard InChI is InChI=1S/C29H25FN4O3S2/c1-18-17-38-29(31-18)34-26(35)19(2)39-23-14-12-22(13-15-23)32-28(37)25(16-21-10-6-7-11-24(21)30)33-27(36)20-8-4-3-5-9-20/h3-17,19H,1-2H3,(H,32,37)(H,33,36)(H,31,34,35)/b25-16-. The Balaban J connectivity index is 1.44. The molecule has 0 spiro atoms. The third-order valence-electron chi connectivity index (χ3n) is 5.38. The first-order chi connectivity index (χ1) is 18.8. The number of rotatable bonds is 9. The summed E-state index contributed by atoms with van der Waals surface area (Å²) in [5.74, 6) is -1.81. The molecule has 1 atom stereocenters. The Bertz CT molecular complexity index is 1500. The number of nitrogens with zero attached hydrogens (tertiary/aromatic N) is 1. The normalized spacial score (nSPS) is 11.9. The third kappa shape index (κ3) is 7.86. The van der Waals surface area contributed by atoms with Gasteiger partial charge in [-0.25, -0.2) is 9.37 Å². The molecular weight excluding hydrogens is 535 g/mol. The van der Waals surface area contributed by atoms with Crippen molar-refractivity contribution < 1.29 is 18.8 Å². The molecule has 3 N–H and O–H groups in total. The Morgan fingerprint density at radius 2 is 1.64 bits per heavy atom. The smallest absolute Gasteiger partial charge is 0.272 e. The molecule has 0 saturated carbocycles. The van der Waals surface area contributed by atoms with Crippen molar-refractivity contribution in [2.24, 2.45) is 0 Å². The van der Waals surface area contributed by atoms with Gasteiger partial charge in [-0.1, -0.05) is 36.4 Å². The molecule has 0 aliphatic heterocycles. The van der Waals surface area contributed by atoms with Gasteiger partial charge in [-0.3, -0.25) is 14.4 Å². The van der Waals surface area contributed by atoms with Crippen LogP contribution in [0.3, 0.4) is 0 Å². The highest BCUT2D eigenvalue weighted by Gasteiger charge is 2.18. The van der Waals surface area contributed by atoms with Gasteiger partial charge >= 0.3 is 0 Å². The lowest BCUT2D eigenvalue weighted by Gasteiger charge is -2.13. The van der Waals surface area contributed by atoms with Gasteiger partial charge < -0.3 is 16.0 Å². The minimum Gasteiger partial charge on any atom is -0.321 e. The summed E-state index contributed by atoms with van der Waals surface area (Å²) in [6, 6.07) is 21.3. The SMILES string of the molecule is Cc1csc(NC(=O)C(C)Sc2ccc(NC(=O)/C(=C/c3ccccc3F)NC(=O)c3ccccc3)cc2)n1. The van der Waals surface area contributed by atoms with E-state index in [0.29, 0.717) is 16.4 Å². The molecule has 3 aromatic carbocycles. The van der Waals surface area contributed by atoms with Crippen molar-refractivity contribution in [2.45, 2.75) is 24.0 Å². The molecule has 0 saturated heterocycles. The largest absolute Gasteiger partial charge is 0.321 e. The molecule has 0 fully saturated rings. The van der Waals surface area contributed by atoms with Crippen molar-refractivity contribution in [3.05, 3.63) is 113 Å². The minimum atomic E-state index is -0.616. The van der Waals surface area contributed by atoms with E-state index in [0.717, 1.165) is 10.6 Å². The molecule has 3 amide bonds. The molecule has 198 valence electrons. The fourth-order valence-corrected chi connectivity index (χ4v) is 4.94. The number of nitrogens with one attached hydrogen (secondary N) is 3. The number of thioether (sulfide) groups is 1. The molecular formula is C29H25FN4O3S2. The second kappa shape index (κ2) is 13.0. The minimum absolute atomic E-state index is 0.116. The molecule has 7 nitrogen and oxygen atoms in total. The van der Waals surface area contributed by atoms with Crippen LogP contribution in [0.5, 0.6) is 0 Å². The summed E-state index contributed by atoms with van der Waals surface area (Å²) in [5.41, 5.74) is 1.71. The monoisotopic (exact) mass is 560 g/mol. The molecule has 0 aliphatic rings. The fourth-order valence-electron chi connectivity index (χ4n) is 3.38. The average Bonchev–Trinajstić information content (AvgIpc) is 3.35. The number of carbonyl (C=O) groups is 3. The van der Waals surface area contributed by atoms with Crippen LogP contribution >= 0.6 is 23.1 Å². The van der Waals surface area contributed by atoms with E-state index in [4.69, 9.17) is 0 Å². The first-order valence-corrected chi connectivity index (χ1v) is 13.7. The summed E-state index contributed by atoms with van der Waals surface area (Å²) in [6.45, 7) is 3.66. The van der Waals surface area contributed by atoms with Crippen molar-refractivity contribution in [2.75, 3.05) is 10.6 Å². The van der Waals surface area contributed by atoms with Crippen LogP contribution in [0, 0.1) is 12.7 Å². The van der Waals surface area contributed by atoms with Crippen molar-refractivity contribution in [1.29, 1.82) is 0 Å². The Hall–Kier alpha value is -4.28. The van der Waals surface area contributed by atoms with Gasteiger partial charge in [0.15, 0.2) is 5.13 Å². The quantitative estimate of drug-likeness (QED) is 0.169. The Kier molecular flexibility index (Phi) is 9.24. The molecule has 39 heavy (non-hydrogen) atoms. The summed E-state index contributed by atoms with van der Waals surface area (Å²) < 4.78 is 14.3. The van der Waals surface area contributed by atoms with E-state index in [9.17, 15) is 18.8 Å². The Labute approximate surface area is 233 Å². The number of hydrogen-bond donors (Lipinski definition) is 3. The van der Waals surface area contributed by atoms with Gasteiger partial charge in [-0.2, -0.15) is 0 Å². The number of benzene rings is 3. The molecule has 4 rings (SSSR count). The van der Waals surface area contributed by atoms with E-state index < -0.39 is 17.6 Å². The van der Waals surface area contributed by atoms with Crippen LogP contribution in [0.25, 0.3) is 6.08 Å². The van der Waals surface area contributed by atoms with E-state index in [1.54, 1.807) is 73.7 Å². The van der Waals surface area contributed by atoms with Crippen LogP contribution in [-0.2, 0) is 9.59 Å². The second-order valence-electron chi connectivity index (χ2n) is 8.42. The lowest BCUT2D eigenvalue weighted by atomic mass is 10.1. The van der Waals surface area contributed by atoms with Crippen LogP contribution < -0.4 is 16.0 Å². The number of amides is 3. The fraction of sp³-hybridized carbons (Fsp3) is 0.103. The zero-order valence-corrected chi connectivity index (χ0v) is 22.7. The average molecular weight is 561 g/mol. The number of hydrogen-bond acceptors (Lipinski definition) is 6. The molecule has 0 bridgehead atoms. The molecule has 1 unspecified atom stereocenters. The summed E-state index contributed by atoms with van der Waals surface area (Å²) >= 11 is 2.73. The van der Waals surface area contributed by atoms with E-state index >= 15 is 0 Å². The summed E-state index contributed by atoms with van der Waals surface area (Å²) in [4.78, 5) is 43.4. The maximum absolute atomic E-state index is 14.3. The zero-order chi connectivity index (χ0) is 27.8. The lowest BCUT2D eigenvalue weighted by Crippen LogP contribution is -2.30. The molecule has 1 heterocycles. The van der Waals surface area contributed by atoms with Crippen molar-refractivity contribution >= 4 is 57.7 Å². The van der Waals surface area contributed by atoms with E-state index in [1.807, 2.05) is 12.3 Å². The number of carbonyl (C=O) groups excluding carboxylic acids is 3. The summed E-state index contributed by atoms with van der Waals surface area (Å²) in [5, 5.41) is 10.2. The van der Waals surface area contributed by atoms with Crippen LogP contribution in [0.15, 0.2) is 94.8 Å². The molecule has 0 radical (unpaired) electrons. The van der Waals surface area contributed by atoms with Crippen LogP contribution in [0.4, 0.5) is 15.2 Å². The number of anilines is 2. The molecule has 4 aromatic rings. The number of aromatic nitrogens is 1. The van der Waals surface area contributed by atoms with Gasteiger partial charge in [0.1, 0.15) is 11.5 Å². The Morgan fingerprint density at radius 3 is 2.31 bits per heavy atom. The topological polar surface area (TPSA) is 100 Å². The molecule has 1 aromatic heterocycles. The number of halogens is 1. The molecule has 0 aliphatic carbocycles. The molecule has 10 heteroatoms. The maximum atomic E-state index is 14.3. The van der Waals surface area contributed by atoms with E-state index in [1.165, 1.54) is 41.3 Å². The first kappa shape index (κ1) is 27.7. The van der Waals surface area contributed by atoms with Gasteiger partial charge in [0, 0.05) is 27.1 Å². The predicted octanol–water partition coefficient (Wildman–Crippen LogP) is 6.12. The summed E-state index contributed by atoms with van der Waals surface area (Å²) in [7, 11) is 0. The Morgan fingerprint density at radius 1 is 0.949 bits per heavy atom. The van der Waals surface area contributed by atoms with Crippen LogP contribution in [-0.4, -0.2) is 28.0 Å².